The molecule has 1 N–H and O–H groups in total. The van der Waals surface area contributed by atoms with Gasteiger partial charge in [0.1, 0.15) is 0 Å². The molecule has 0 heterocycles. The van der Waals surface area contributed by atoms with Crippen LogP contribution >= 0.6 is 0 Å². The molecule has 0 aliphatic carbocycles. The number of nitrogens with zero attached hydrogens (tertiary/aromatic N) is 1. The number of sulfonamides is 1. The van der Waals surface area contributed by atoms with Gasteiger partial charge >= 0.3 is 0 Å². The Hall–Kier alpha value is -1.40. The van der Waals surface area contributed by atoms with Gasteiger partial charge in [-0.05, 0) is 44.4 Å². The number of carbonyl (C=O) groups is 1. The lowest BCUT2D eigenvalue weighted by Gasteiger charge is -2.27. The minimum absolute atomic E-state index is 0.0414. The van der Waals surface area contributed by atoms with E-state index >= 15 is 0 Å². The molecule has 0 aliphatic rings. The van der Waals surface area contributed by atoms with Crippen molar-refractivity contribution in [2.24, 2.45) is 0 Å². The van der Waals surface area contributed by atoms with Gasteiger partial charge in [-0.25, -0.2) is 13.1 Å². The Labute approximate surface area is 133 Å². The molecular formula is C16H26N2O3S. The van der Waals surface area contributed by atoms with E-state index in [1.165, 1.54) is 6.92 Å². The fourth-order valence-corrected chi connectivity index (χ4v) is 3.63. The monoisotopic (exact) mass is 326 g/mol. The van der Waals surface area contributed by atoms with Crippen LogP contribution in [0, 0.1) is 13.8 Å². The molecule has 124 valence electrons. The summed E-state index contributed by atoms with van der Waals surface area (Å²) in [6.07, 6.45) is 0.837. The fraction of sp³-hybridized carbons (Fsp3) is 0.562. The number of aryl methyl sites for hydroxylation is 2. The molecule has 0 saturated heterocycles. The molecule has 1 unspecified atom stereocenters. The summed E-state index contributed by atoms with van der Waals surface area (Å²) in [6.45, 7) is 9.68. The molecule has 6 heteroatoms. The summed E-state index contributed by atoms with van der Waals surface area (Å²) in [5, 5.41) is 0. The van der Waals surface area contributed by atoms with Crippen LogP contribution in [-0.4, -0.2) is 38.4 Å². The number of carbonyl (C=O) groups excluding carboxylic acids is 1. The second-order valence-electron chi connectivity index (χ2n) is 5.64. The largest absolute Gasteiger partial charge is 0.339 e. The number of hydrogen-bond acceptors (Lipinski definition) is 3. The molecule has 0 aliphatic heterocycles. The Balaban J connectivity index is 2.78. The van der Waals surface area contributed by atoms with Crippen molar-refractivity contribution in [1.29, 1.82) is 0 Å². The van der Waals surface area contributed by atoms with E-state index in [1.807, 2.05) is 26.8 Å². The zero-order valence-electron chi connectivity index (χ0n) is 14.0. The molecule has 0 bridgehead atoms. The lowest BCUT2D eigenvalue weighted by Crippen LogP contribution is -2.42. The predicted octanol–water partition coefficient (Wildman–Crippen LogP) is 2.23. The second kappa shape index (κ2) is 7.74. The van der Waals surface area contributed by atoms with Crippen molar-refractivity contribution in [2.45, 2.75) is 52.0 Å². The summed E-state index contributed by atoms with van der Waals surface area (Å²) in [7, 11) is -3.56. The van der Waals surface area contributed by atoms with Gasteiger partial charge in [-0.15, -0.1) is 0 Å². The highest BCUT2D eigenvalue weighted by Gasteiger charge is 2.19. The zero-order chi connectivity index (χ0) is 16.9. The van der Waals surface area contributed by atoms with Crippen molar-refractivity contribution in [3.63, 3.8) is 0 Å². The molecule has 0 spiro atoms. The third kappa shape index (κ3) is 4.81. The van der Waals surface area contributed by atoms with Crippen LogP contribution in [0.3, 0.4) is 0 Å². The molecule has 0 aromatic heterocycles. The summed E-state index contributed by atoms with van der Waals surface area (Å²) in [5.41, 5.74) is 1.61. The lowest BCUT2D eigenvalue weighted by atomic mass is 10.2. The van der Waals surface area contributed by atoms with E-state index in [1.54, 1.807) is 24.0 Å². The van der Waals surface area contributed by atoms with Gasteiger partial charge < -0.3 is 4.90 Å². The van der Waals surface area contributed by atoms with E-state index < -0.39 is 10.0 Å². The quantitative estimate of drug-likeness (QED) is 0.835. The molecule has 22 heavy (non-hydrogen) atoms. The Morgan fingerprint density at radius 1 is 1.32 bits per heavy atom. The molecule has 1 rings (SSSR count). The van der Waals surface area contributed by atoms with Crippen molar-refractivity contribution >= 4 is 15.9 Å². The highest BCUT2D eigenvalue weighted by molar-refractivity contribution is 7.89. The van der Waals surface area contributed by atoms with E-state index in [0.29, 0.717) is 17.0 Å². The van der Waals surface area contributed by atoms with Gasteiger partial charge in [-0.3, -0.25) is 4.79 Å². The number of rotatable bonds is 7. The highest BCUT2D eigenvalue weighted by atomic mass is 32.2. The normalized spacial score (nSPS) is 13.0. The topological polar surface area (TPSA) is 66.5 Å². The van der Waals surface area contributed by atoms with Gasteiger partial charge in [0.05, 0.1) is 4.90 Å². The third-order valence-corrected chi connectivity index (χ3v) is 5.41. The molecule has 0 radical (unpaired) electrons. The van der Waals surface area contributed by atoms with Gasteiger partial charge in [0.2, 0.25) is 15.9 Å². The smallest absolute Gasteiger partial charge is 0.240 e. The lowest BCUT2D eigenvalue weighted by molar-refractivity contribution is -0.130. The maximum atomic E-state index is 12.4. The molecule has 1 aromatic rings. The van der Waals surface area contributed by atoms with Crippen LogP contribution in [0.4, 0.5) is 0 Å². The first-order valence-corrected chi connectivity index (χ1v) is 9.01. The van der Waals surface area contributed by atoms with Crippen molar-refractivity contribution in [1.82, 2.24) is 9.62 Å². The number of benzene rings is 1. The maximum absolute atomic E-state index is 12.4. The van der Waals surface area contributed by atoms with Crippen molar-refractivity contribution in [3.8, 4) is 0 Å². The Morgan fingerprint density at radius 2 is 1.95 bits per heavy atom. The summed E-state index contributed by atoms with van der Waals surface area (Å²) in [4.78, 5) is 13.6. The van der Waals surface area contributed by atoms with Crippen molar-refractivity contribution in [2.75, 3.05) is 13.1 Å². The SMILES string of the molecule is CCC(C)N(CCNS(=O)(=O)c1cc(C)ccc1C)C(C)=O. The van der Waals surface area contributed by atoms with E-state index in [4.69, 9.17) is 0 Å². The molecular weight excluding hydrogens is 300 g/mol. The summed E-state index contributed by atoms with van der Waals surface area (Å²) < 4.78 is 27.3. The van der Waals surface area contributed by atoms with Crippen LogP contribution in [0.25, 0.3) is 0 Å². The Kier molecular flexibility index (Phi) is 6.56. The van der Waals surface area contributed by atoms with Crippen LogP contribution < -0.4 is 4.72 Å². The van der Waals surface area contributed by atoms with Gasteiger partial charge in [-0.2, -0.15) is 0 Å². The predicted molar refractivity (Wildman–Crippen MR) is 88.2 cm³/mol. The summed E-state index contributed by atoms with van der Waals surface area (Å²) in [6, 6.07) is 5.44. The zero-order valence-corrected chi connectivity index (χ0v) is 14.8. The van der Waals surface area contributed by atoms with Crippen molar-refractivity contribution < 1.29 is 13.2 Å². The number of nitrogens with one attached hydrogen (secondary N) is 1. The van der Waals surface area contributed by atoms with Crippen LogP contribution in [0.2, 0.25) is 0 Å². The van der Waals surface area contributed by atoms with Gasteiger partial charge in [0.15, 0.2) is 0 Å². The van der Waals surface area contributed by atoms with E-state index in [2.05, 4.69) is 4.72 Å². The van der Waals surface area contributed by atoms with Crippen LogP contribution in [-0.2, 0) is 14.8 Å². The van der Waals surface area contributed by atoms with Crippen LogP contribution in [0.5, 0.6) is 0 Å². The molecule has 0 fully saturated rings. The van der Waals surface area contributed by atoms with E-state index in [0.717, 1.165) is 12.0 Å². The third-order valence-electron chi connectivity index (χ3n) is 3.81. The fourth-order valence-electron chi connectivity index (χ4n) is 2.28. The standard InChI is InChI=1S/C16H26N2O3S/c1-6-14(4)18(15(5)19)10-9-17-22(20,21)16-11-12(2)7-8-13(16)3/h7-8,11,14,17H,6,9-10H2,1-5H3. The van der Waals surface area contributed by atoms with Gasteiger partial charge in [0, 0.05) is 26.1 Å². The highest BCUT2D eigenvalue weighted by Crippen LogP contribution is 2.16. The molecule has 5 nitrogen and oxygen atoms in total. The first-order valence-electron chi connectivity index (χ1n) is 7.53. The minimum Gasteiger partial charge on any atom is -0.339 e. The first-order chi connectivity index (χ1) is 10.2. The average Bonchev–Trinajstić information content (AvgIpc) is 2.44. The van der Waals surface area contributed by atoms with Crippen LogP contribution in [0.1, 0.15) is 38.3 Å². The average molecular weight is 326 g/mol. The summed E-state index contributed by atoms with van der Waals surface area (Å²) >= 11 is 0. The van der Waals surface area contributed by atoms with Crippen LogP contribution in [0.15, 0.2) is 23.1 Å². The van der Waals surface area contributed by atoms with Gasteiger partial charge in [0.25, 0.3) is 0 Å². The second-order valence-corrected chi connectivity index (χ2v) is 7.37. The van der Waals surface area contributed by atoms with E-state index in [-0.39, 0.29) is 18.5 Å². The Morgan fingerprint density at radius 3 is 2.50 bits per heavy atom. The molecule has 1 amide bonds. The minimum atomic E-state index is -3.56. The number of hydrogen-bond donors (Lipinski definition) is 1. The molecule has 1 atom stereocenters. The maximum Gasteiger partial charge on any atom is 0.240 e. The van der Waals surface area contributed by atoms with E-state index in [9.17, 15) is 13.2 Å². The van der Waals surface area contributed by atoms with Crippen molar-refractivity contribution in [3.05, 3.63) is 29.3 Å². The van der Waals surface area contributed by atoms with Gasteiger partial charge in [-0.1, -0.05) is 19.1 Å². The summed E-state index contributed by atoms with van der Waals surface area (Å²) in [5.74, 6) is -0.0414. The molecule has 0 saturated carbocycles. The first kappa shape index (κ1) is 18.6. The number of amides is 1. The Bertz CT molecular complexity index is 626. The molecule has 1 aromatic carbocycles.